The largest absolute Gasteiger partial charge is 0.472 e. The standard InChI is InChI=1S/C13H13ClFNO/c1-16-13(6-9-4-5-17-8-9)10-2-3-12(15)11(14)7-10/h2-5,7-8,13,16H,6H2,1H3. The molecule has 4 heteroatoms. The number of furan rings is 1. The van der Waals surface area contributed by atoms with Gasteiger partial charge in [0.05, 0.1) is 17.5 Å². The lowest BCUT2D eigenvalue weighted by Gasteiger charge is -2.16. The molecule has 1 aromatic carbocycles. The fraction of sp³-hybridized carbons (Fsp3) is 0.231. The Balaban J connectivity index is 2.20. The van der Waals surface area contributed by atoms with Crippen LogP contribution in [0.2, 0.25) is 5.02 Å². The van der Waals surface area contributed by atoms with Crippen molar-refractivity contribution in [2.75, 3.05) is 7.05 Å². The topological polar surface area (TPSA) is 25.2 Å². The maximum atomic E-state index is 13.1. The smallest absolute Gasteiger partial charge is 0.141 e. The third kappa shape index (κ3) is 2.87. The van der Waals surface area contributed by atoms with Crippen LogP contribution in [0.25, 0.3) is 0 Å². The van der Waals surface area contributed by atoms with Gasteiger partial charge in [-0.3, -0.25) is 0 Å². The van der Waals surface area contributed by atoms with Crippen molar-refractivity contribution in [3.63, 3.8) is 0 Å². The molecule has 2 aromatic rings. The van der Waals surface area contributed by atoms with Crippen molar-refractivity contribution in [2.24, 2.45) is 0 Å². The molecule has 0 radical (unpaired) electrons. The van der Waals surface area contributed by atoms with E-state index in [0.29, 0.717) is 0 Å². The summed E-state index contributed by atoms with van der Waals surface area (Å²) < 4.78 is 18.1. The van der Waals surface area contributed by atoms with Gasteiger partial charge >= 0.3 is 0 Å². The molecule has 2 nitrogen and oxygen atoms in total. The molecular weight excluding hydrogens is 241 g/mol. The monoisotopic (exact) mass is 253 g/mol. The van der Waals surface area contributed by atoms with Gasteiger partial charge in [-0.25, -0.2) is 4.39 Å². The van der Waals surface area contributed by atoms with Crippen molar-refractivity contribution in [3.05, 3.63) is 58.8 Å². The number of hydrogen-bond donors (Lipinski definition) is 1. The van der Waals surface area contributed by atoms with Crippen molar-refractivity contribution in [2.45, 2.75) is 12.5 Å². The highest BCUT2D eigenvalue weighted by molar-refractivity contribution is 6.30. The van der Waals surface area contributed by atoms with E-state index in [4.69, 9.17) is 16.0 Å². The van der Waals surface area contributed by atoms with Crippen LogP contribution in [0.15, 0.2) is 41.2 Å². The van der Waals surface area contributed by atoms with Crippen LogP contribution in [0.5, 0.6) is 0 Å². The summed E-state index contributed by atoms with van der Waals surface area (Å²) in [7, 11) is 1.86. The lowest BCUT2D eigenvalue weighted by molar-refractivity contribution is 0.551. The molecule has 17 heavy (non-hydrogen) atoms. The van der Waals surface area contributed by atoms with Gasteiger partial charge in [-0.05, 0) is 42.8 Å². The molecular formula is C13H13ClFNO. The second kappa shape index (κ2) is 5.34. The number of halogens is 2. The first kappa shape index (κ1) is 12.1. The number of benzene rings is 1. The van der Waals surface area contributed by atoms with Gasteiger partial charge in [0.1, 0.15) is 5.82 Å². The maximum Gasteiger partial charge on any atom is 0.141 e. The molecule has 0 bridgehead atoms. The van der Waals surface area contributed by atoms with E-state index in [-0.39, 0.29) is 11.1 Å². The van der Waals surface area contributed by atoms with Gasteiger partial charge in [0.15, 0.2) is 0 Å². The summed E-state index contributed by atoms with van der Waals surface area (Å²) in [6.45, 7) is 0. The minimum Gasteiger partial charge on any atom is -0.472 e. The third-order valence-electron chi connectivity index (χ3n) is 2.71. The van der Waals surface area contributed by atoms with Gasteiger partial charge in [-0.1, -0.05) is 17.7 Å². The summed E-state index contributed by atoms with van der Waals surface area (Å²) in [5.41, 5.74) is 2.05. The Kier molecular flexibility index (Phi) is 3.82. The summed E-state index contributed by atoms with van der Waals surface area (Å²) in [5, 5.41) is 3.33. The van der Waals surface area contributed by atoms with Crippen LogP contribution in [0.1, 0.15) is 17.2 Å². The van der Waals surface area contributed by atoms with E-state index in [2.05, 4.69) is 5.32 Å². The van der Waals surface area contributed by atoms with Gasteiger partial charge in [0.2, 0.25) is 0 Å². The molecule has 90 valence electrons. The van der Waals surface area contributed by atoms with Crippen molar-refractivity contribution in [3.8, 4) is 0 Å². The summed E-state index contributed by atoms with van der Waals surface area (Å²) in [6, 6.07) is 6.78. The first-order valence-corrected chi connectivity index (χ1v) is 5.72. The molecule has 0 fully saturated rings. The average molecular weight is 254 g/mol. The minimum absolute atomic E-state index is 0.0886. The molecule has 2 rings (SSSR count). The molecule has 0 aliphatic carbocycles. The zero-order chi connectivity index (χ0) is 12.3. The average Bonchev–Trinajstić information content (AvgIpc) is 2.82. The molecule has 0 aliphatic rings. The van der Waals surface area contributed by atoms with E-state index in [0.717, 1.165) is 17.5 Å². The minimum atomic E-state index is -0.395. The molecule has 0 amide bonds. The van der Waals surface area contributed by atoms with E-state index in [1.165, 1.54) is 6.07 Å². The van der Waals surface area contributed by atoms with E-state index in [1.807, 2.05) is 13.1 Å². The summed E-state index contributed by atoms with van der Waals surface area (Å²) in [5.74, 6) is -0.395. The predicted octanol–water partition coefficient (Wildman–Crippen LogP) is 3.58. The van der Waals surface area contributed by atoms with E-state index in [9.17, 15) is 4.39 Å². The van der Waals surface area contributed by atoms with Crippen molar-refractivity contribution in [1.29, 1.82) is 0 Å². The van der Waals surface area contributed by atoms with Crippen LogP contribution in [0.3, 0.4) is 0 Å². The van der Waals surface area contributed by atoms with E-state index in [1.54, 1.807) is 24.7 Å². The molecule has 0 saturated carbocycles. The van der Waals surface area contributed by atoms with Gasteiger partial charge in [-0.2, -0.15) is 0 Å². The van der Waals surface area contributed by atoms with Crippen molar-refractivity contribution < 1.29 is 8.81 Å². The van der Waals surface area contributed by atoms with Crippen LogP contribution >= 0.6 is 11.6 Å². The third-order valence-corrected chi connectivity index (χ3v) is 3.00. The first-order valence-electron chi connectivity index (χ1n) is 5.34. The van der Waals surface area contributed by atoms with Crippen LogP contribution < -0.4 is 5.32 Å². The highest BCUT2D eigenvalue weighted by atomic mass is 35.5. The number of nitrogens with one attached hydrogen (secondary N) is 1. The molecule has 1 unspecified atom stereocenters. The SMILES string of the molecule is CNC(Cc1ccoc1)c1ccc(F)c(Cl)c1. The van der Waals surface area contributed by atoms with Crippen LogP contribution in [-0.4, -0.2) is 7.05 Å². The Hall–Kier alpha value is -1.32. The second-order valence-electron chi connectivity index (χ2n) is 3.85. The molecule has 0 aliphatic heterocycles. The van der Waals surface area contributed by atoms with E-state index < -0.39 is 5.82 Å². The van der Waals surface area contributed by atoms with Gasteiger partial charge in [0, 0.05) is 6.04 Å². The summed E-state index contributed by atoms with van der Waals surface area (Å²) in [4.78, 5) is 0. The fourth-order valence-electron chi connectivity index (χ4n) is 1.76. The molecule has 0 saturated heterocycles. The predicted molar refractivity (Wildman–Crippen MR) is 65.6 cm³/mol. The summed E-state index contributed by atoms with van der Waals surface area (Å²) >= 11 is 5.78. The molecule has 1 N–H and O–H groups in total. The fourth-order valence-corrected chi connectivity index (χ4v) is 1.95. The Bertz CT molecular complexity index is 484. The zero-order valence-corrected chi connectivity index (χ0v) is 10.2. The number of likely N-dealkylation sites (N-methyl/N-ethyl adjacent to an activating group) is 1. The lowest BCUT2D eigenvalue weighted by atomic mass is 10.0. The Morgan fingerprint density at radius 2 is 2.24 bits per heavy atom. The highest BCUT2D eigenvalue weighted by Crippen LogP contribution is 2.23. The zero-order valence-electron chi connectivity index (χ0n) is 9.41. The quantitative estimate of drug-likeness (QED) is 0.901. The van der Waals surface area contributed by atoms with Gasteiger partial charge in [0.25, 0.3) is 0 Å². The number of hydrogen-bond acceptors (Lipinski definition) is 2. The lowest BCUT2D eigenvalue weighted by Crippen LogP contribution is -2.18. The van der Waals surface area contributed by atoms with Gasteiger partial charge in [-0.15, -0.1) is 0 Å². The Labute approximate surface area is 104 Å². The second-order valence-corrected chi connectivity index (χ2v) is 4.26. The highest BCUT2D eigenvalue weighted by Gasteiger charge is 2.12. The van der Waals surface area contributed by atoms with Crippen LogP contribution in [-0.2, 0) is 6.42 Å². The van der Waals surface area contributed by atoms with Crippen LogP contribution in [0, 0.1) is 5.82 Å². The summed E-state index contributed by atoms with van der Waals surface area (Å²) in [6.07, 6.45) is 4.12. The van der Waals surface area contributed by atoms with Crippen LogP contribution in [0.4, 0.5) is 4.39 Å². The van der Waals surface area contributed by atoms with Gasteiger partial charge < -0.3 is 9.73 Å². The van der Waals surface area contributed by atoms with Crippen molar-refractivity contribution >= 4 is 11.6 Å². The molecule has 1 heterocycles. The maximum absolute atomic E-state index is 13.1. The number of rotatable bonds is 4. The normalized spacial score (nSPS) is 12.6. The van der Waals surface area contributed by atoms with Crippen molar-refractivity contribution in [1.82, 2.24) is 5.32 Å². The Morgan fingerprint density at radius 3 is 2.82 bits per heavy atom. The Morgan fingerprint density at radius 1 is 1.41 bits per heavy atom. The first-order chi connectivity index (χ1) is 8.20. The molecule has 0 spiro atoms. The van der Waals surface area contributed by atoms with E-state index >= 15 is 0 Å². The molecule has 1 atom stereocenters. The molecule has 1 aromatic heterocycles.